The summed E-state index contributed by atoms with van der Waals surface area (Å²) >= 11 is 0. The number of rotatable bonds is 11. The van der Waals surface area contributed by atoms with Gasteiger partial charge in [0, 0.05) is 25.1 Å². The maximum absolute atomic E-state index is 13.5. The molecule has 0 aromatic carbocycles. The van der Waals surface area contributed by atoms with Crippen molar-refractivity contribution < 1.29 is 24.2 Å². The number of hydrogen-bond acceptors (Lipinski definition) is 5. The van der Waals surface area contributed by atoms with E-state index in [1.807, 2.05) is 32.9 Å². The molecule has 2 amide bonds. The van der Waals surface area contributed by atoms with Crippen LogP contribution in [0.4, 0.5) is 0 Å². The summed E-state index contributed by atoms with van der Waals surface area (Å²) in [5.74, 6) is -2.12. The van der Waals surface area contributed by atoms with Crippen molar-refractivity contribution in [3.05, 3.63) is 12.2 Å². The Morgan fingerprint density at radius 2 is 1.87 bits per heavy atom. The van der Waals surface area contributed by atoms with Gasteiger partial charge in [-0.2, -0.15) is 0 Å². The first-order valence-corrected chi connectivity index (χ1v) is 11.4. The highest BCUT2D eigenvalue weighted by molar-refractivity contribution is 5.96. The van der Waals surface area contributed by atoms with Crippen LogP contribution in [0, 0.1) is 23.7 Å². The third kappa shape index (κ3) is 5.42. The molecule has 0 aromatic heterocycles. The number of nitrogens with one attached hydrogen (secondary N) is 1. The van der Waals surface area contributed by atoms with Crippen molar-refractivity contribution in [2.45, 2.75) is 71.9 Å². The maximum Gasteiger partial charge on any atom is 0.310 e. The minimum absolute atomic E-state index is 0.0325. The van der Waals surface area contributed by atoms with E-state index < -0.39 is 17.9 Å². The Morgan fingerprint density at radius 1 is 1.17 bits per heavy atom. The van der Waals surface area contributed by atoms with Crippen molar-refractivity contribution in [2.75, 3.05) is 19.8 Å². The lowest BCUT2D eigenvalue weighted by molar-refractivity contribution is -0.155. The summed E-state index contributed by atoms with van der Waals surface area (Å²) in [5, 5.41) is 11.9. The molecule has 5 atom stereocenters. The zero-order valence-electron chi connectivity index (χ0n) is 18.8. The second kappa shape index (κ2) is 11.5. The van der Waals surface area contributed by atoms with E-state index >= 15 is 0 Å². The highest BCUT2D eigenvalue weighted by Gasteiger charge is 2.57. The number of hydrogen-bond donors (Lipinski definition) is 2. The number of nitrogens with zero attached hydrogens (tertiary/aromatic N) is 1. The van der Waals surface area contributed by atoms with Gasteiger partial charge in [-0.15, -0.1) is 0 Å². The molecule has 0 radical (unpaired) electrons. The fourth-order valence-electron chi connectivity index (χ4n) is 4.81. The van der Waals surface area contributed by atoms with Crippen LogP contribution >= 0.6 is 0 Å². The number of fused-ring (bicyclic) bond motifs is 1. The third-order valence-electron chi connectivity index (χ3n) is 6.15. The number of carbonyl (C=O) groups is 3. The molecule has 7 nitrogen and oxygen atoms in total. The quantitative estimate of drug-likeness (QED) is 0.303. The minimum atomic E-state index is -0.603. The van der Waals surface area contributed by atoms with Crippen LogP contribution in [0.15, 0.2) is 12.2 Å². The fraction of sp³-hybridized carbons (Fsp3) is 0.783. The Hall–Kier alpha value is -1.89. The van der Waals surface area contributed by atoms with Gasteiger partial charge in [0.05, 0.1) is 18.4 Å². The minimum Gasteiger partial charge on any atom is -0.466 e. The molecule has 2 rings (SSSR count). The number of amides is 2. The zero-order chi connectivity index (χ0) is 22.3. The van der Waals surface area contributed by atoms with Gasteiger partial charge >= 0.3 is 5.97 Å². The largest absolute Gasteiger partial charge is 0.466 e. The molecule has 30 heavy (non-hydrogen) atoms. The zero-order valence-corrected chi connectivity index (χ0v) is 18.8. The second-order valence-corrected chi connectivity index (χ2v) is 8.62. The van der Waals surface area contributed by atoms with Crippen LogP contribution in [-0.2, 0) is 19.1 Å². The molecule has 1 aliphatic carbocycles. The molecule has 2 N–H and O–H groups in total. The second-order valence-electron chi connectivity index (χ2n) is 8.62. The van der Waals surface area contributed by atoms with Crippen LogP contribution in [0.5, 0.6) is 0 Å². The van der Waals surface area contributed by atoms with E-state index in [2.05, 4.69) is 5.32 Å². The summed E-state index contributed by atoms with van der Waals surface area (Å²) < 4.78 is 5.32. The summed E-state index contributed by atoms with van der Waals surface area (Å²) in [7, 11) is 0. The standard InChI is InChI=1S/C23H38N2O5/c1-5-16-11-12-17-19(18(16)23(29)30-6-2)22(28)25(13-9-7-8-10-14-26)20(17)21(27)24-15(3)4/h11-12,15-20,26H,5-10,13-14H2,1-4H3,(H,24,27)/t16-,17+,18-,19+,20+/m1/s1. The van der Waals surface area contributed by atoms with Gasteiger partial charge in [0.25, 0.3) is 0 Å². The van der Waals surface area contributed by atoms with Crippen LogP contribution in [-0.4, -0.2) is 59.6 Å². The number of esters is 1. The summed E-state index contributed by atoms with van der Waals surface area (Å²) in [4.78, 5) is 41.1. The van der Waals surface area contributed by atoms with Gasteiger partial charge in [0.2, 0.25) is 11.8 Å². The predicted molar refractivity (Wildman–Crippen MR) is 114 cm³/mol. The average molecular weight is 423 g/mol. The molecule has 1 fully saturated rings. The van der Waals surface area contributed by atoms with E-state index in [1.54, 1.807) is 11.8 Å². The van der Waals surface area contributed by atoms with Gasteiger partial charge in [0.1, 0.15) is 6.04 Å². The van der Waals surface area contributed by atoms with Crippen molar-refractivity contribution in [1.29, 1.82) is 0 Å². The van der Waals surface area contributed by atoms with Gasteiger partial charge < -0.3 is 20.1 Å². The lowest BCUT2D eigenvalue weighted by Crippen LogP contribution is -2.49. The highest BCUT2D eigenvalue weighted by atomic mass is 16.5. The molecule has 1 saturated heterocycles. The number of likely N-dealkylation sites (tertiary alicyclic amines) is 1. The first-order chi connectivity index (χ1) is 14.4. The van der Waals surface area contributed by atoms with Crippen LogP contribution in [0.3, 0.4) is 0 Å². The molecule has 170 valence electrons. The molecule has 1 heterocycles. The number of unbranched alkanes of at least 4 members (excludes halogenated alkanes) is 3. The van der Waals surface area contributed by atoms with Crippen molar-refractivity contribution in [3.63, 3.8) is 0 Å². The topological polar surface area (TPSA) is 95.9 Å². The van der Waals surface area contributed by atoms with Gasteiger partial charge in [-0.3, -0.25) is 14.4 Å². The lowest BCUT2D eigenvalue weighted by atomic mass is 9.69. The van der Waals surface area contributed by atoms with Crippen LogP contribution < -0.4 is 5.32 Å². The Morgan fingerprint density at radius 3 is 2.47 bits per heavy atom. The summed E-state index contributed by atoms with van der Waals surface area (Å²) in [6, 6.07) is -0.636. The Bertz CT molecular complexity index is 633. The Kier molecular flexibility index (Phi) is 9.34. The van der Waals surface area contributed by atoms with Crippen LogP contribution in [0.25, 0.3) is 0 Å². The summed E-state index contributed by atoms with van der Waals surface area (Å²) in [6.45, 7) is 8.48. The maximum atomic E-state index is 13.5. The third-order valence-corrected chi connectivity index (χ3v) is 6.15. The Balaban J connectivity index is 2.31. The number of aliphatic hydroxyl groups excluding tert-OH is 1. The fourth-order valence-corrected chi connectivity index (χ4v) is 4.81. The first kappa shape index (κ1) is 24.4. The number of carbonyl (C=O) groups excluding carboxylic acids is 3. The molecular weight excluding hydrogens is 384 g/mol. The van der Waals surface area contributed by atoms with Crippen molar-refractivity contribution >= 4 is 17.8 Å². The molecule has 7 heteroatoms. The normalized spacial score (nSPS) is 28.0. The van der Waals surface area contributed by atoms with E-state index in [9.17, 15) is 14.4 Å². The molecule has 0 bridgehead atoms. The number of ether oxygens (including phenoxy) is 1. The predicted octanol–water partition coefficient (Wildman–Crippen LogP) is 2.28. The van der Waals surface area contributed by atoms with Gasteiger partial charge in [0.15, 0.2) is 0 Å². The van der Waals surface area contributed by atoms with E-state index in [0.717, 1.165) is 32.1 Å². The molecule has 0 aromatic rings. The van der Waals surface area contributed by atoms with Gasteiger partial charge in [-0.25, -0.2) is 0 Å². The smallest absolute Gasteiger partial charge is 0.310 e. The van der Waals surface area contributed by atoms with Crippen molar-refractivity contribution in [2.24, 2.45) is 23.7 Å². The van der Waals surface area contributed by atoms with E-state index in [0.29, 0.717) is 6.54 Å². The van der Waals surface area contributed by atoms with E-state index in [4.69, 9.17) is 9.84 Å². The van der Waals surface area contributed by atoms with Gasteiger partial charge in [-0.05, 0) is 46.0 Å². The molecule has 0 unspecified atom stereocenters. The van der Waals surface area contributed by atoms with E-state index in [-0.39, 0.29) is 48.9 Å². The van der Waals surface area contributed by atoms with E-state index in [1.165, 1.54) is 0 Å². The highest BCUT2D eigenvalue weighted by Crippen LogP contribution is 2.45. The summed E-state index contributed by atoms with van der Waals surface area (Å²) in [6.07, 6.45) is 7.98. The average Bonchev–Trinajstić information content (AvgIpc) is 2.98. The number of allylic oxidation sites excluding steroid dienone is 1. The van der Waals surface area contributed by atoms with Gasteiger partial charge in [-0.1, -0.05) is 31.9 Å². The van der Waals surface area contributed by atoms with Crippen molar-refractivity contribution in [3.8, 4) is 0 Å². The Labute approximate surface area is 180 Å². The summed E-state index contributed by atoms with van der Waals surface area (Å²) in [5.41, 5.74) is 0. The van der Waals surface area contributed by atoms with Crippen molar-refractivity contribution in [1.82, 2.24) is 10.2 Å². The molecule has 0 saturated carbocycles. The molecule has 0 spiro atoms. The first-order valence-electron chi connectivity index (χ1n) is 11.4. The number of aliphatic hydroxyl groups is 1. The molecule has 1 aliphatic heterocycles. The van der Waals surface area contributed by atoms with Crippen LogP contribution in [0.2, 0.25) is 0 Å². The SMILES string of the molecule is CCOC(=O)[C@H]1[C@H]2C(=O)N(CCCCCCO)[C@H](C(=O)NC(C)C)[C@H]2C=C[C@H]1CC. The molecular formula is C23H38N2O5. The van der Waals surface area contributed by atoms with Crippen LogP contribution in [0.1, 0.15) is 59.8 Å². The molecule has 2 aliphatic rings. The lowest BCUT2D eigenvalue weighted by Gasteiger charge is -2.33. The monoisotopic (exact) mass is 422 g/mol.